The Morgan fingerprint density at radius 1 is 1.56 bits per heavy atom. The van der Waals surface area contributed by atoms with Crippen molar-refractivity contribution in [3.8, 4) is 0 Å². The second kappa shape index (κ2) is 6.05. The van der Waals surface area contributed by atoms with Gasteiger partial charge in [-0.25, -0.2) is 4.79 Å². The molecule has 5 nitrogen and oxygen atoms in total. The summed E-state index contributed by atoms with van der Waals surface area (Å²) in [7, 11) is 0. The Bertz CT molecular complexity index is 371. The molecule has 5 heteroatoms. The fourth-order valence-corrected chi connectivity index (χ4v) is 1.52. The van der Waals surface area contributed by atoms with Crippen LogP contribution < -0.4 is 0 Å². The van der Waals surface area contributed by atoms with Crippen LogP contribution in [0.2, 0.25) is 0 Å². The van der Waals surface area contributed by atoms with Gasteiger partial charge in [-0.2, -0.15) is 5.10 Å². The molecule has 0 aliphatic heterocycles. The van der Waals surface area contributed by atoms with Gasteiger partial charge in [-0.05, 0) is 20.3 Å². The van der Waals surface area contributed by atoms with E-state index in [-0.39, 0.29) is 5.97 Å². The lowest BCUT2D eigenvalue weighted by atomic mass is 10.1. The molecule has 16 heavy (non-hydrogen) atoms. The summed E-state index contributed by atoms with van der Waals surface area (Å²) < 4.78 is 6.64. The number of hydrogen-bond acceptors (Lipinski definition) is 4. The highest BCUT2D eigenvalue weighted by Crippen LogP contribution is 2.12. The highest BCUT2D eigenvalue weighted by atomic mass is 16.5. The largest absolute Gasteiger partial charge is 0.462 e. The van der Waals surface area contributed by atoms with Crippen LogP contribution in [0, 0.1) is 0 Å². The van der Waals surface area contributed by atoms with Crippen LogP contribution in [0.3, 0.4) is 0 Å². The Kier molecular flexibility index (Phi) is 4.69. The van der Waals surface area contributed by atoms with E-state index in [2.05, 4.69) is 5.10 Å². The minimum atomic E-state index is -0.372. The van der Waals surface area contributed by atoms with Crippen LogP contribution in [0.1, 0.15) is 36.3 Å². The standard InChI is InChI=1S/C11H16N2O3/c1-3-13-10(6-5-7-14)9(8-12-13)11(15)16-4-2/h7-8H,3-6H2,1-2H3. The first-order chi connectivity index (χ1) is 7.74. The van der Waals surface area contributed by atoms with Crippen molar-refractivity contribution in [1.29, 1.82) is 0 Å². The molecule has 0 N–H and O–H groups in total. The van der Waals surface area contributed by atoms with Crippen LogP contribution in [-0.4, -0.2) is 28.6 Å². The molecule has 0 aliphatic carbocycles. The van der Waals surface area contributed by atoms with Crippen LogP contribution in [-0.2, 0) is 22.5 Å². The van der Waals surface area contributed by atoms with Gasteiger partial charge in [0.05, 0.1) is 18.5 Å². The minimum absolute atomic E-state index is 0.337. The van der Waals surface area contributed by atoms with Crippen LogP contribution in [0.25, 0.3) is 0 Å². The molecule has 1 heterocycles. The smallest absolute Gasteiger partial charge is 0.341 e. The fourth-order valence-electron chi connectivity index (χ4n) is 1.52. The summed E-state index contributed by atoms with van der Waals surface area (Å²) in [6.07, 6.45) is 3.24. The molecule has 1 rings (SSSR count). The molecule has 1 aromatic heterocycles. The lowest BCUT2D eigenvalue weighted by molar-refractivity contribution is -0.107. The molecule has 0 unspecified atom stereocenters. The lowest BCUT2D eigenvalue weighted by Crippen LogP contribution is -2.10. The van der Waals surface area contributed by atoms with Gasteiger partial charge in [0.15, 0.2) is 0 Å². The zero-order chi connectivity index (χ0) is 12.0. The highest BCUT2D eigenvalue weighted by molar-refractivity contribution is 5.90. The van der Waals surface area contributed by atoms with Gasteiger partial charge in [0.1, 0.15) is 11.8 Å². The predicted octanol–water partition coefficient (Wildman–Crippen LogP) is 1.21. The van der Waals surface area contributed by atoms with Crippen molar-refractivity contribution >= 4 is 12.3 Å². The van der Waals surface area contributed by atoms with Gasteiger partial charge in [-0.1, -0.05) is 0 Å². The second-order valence-electron chi connectivity index (χ2n) is 3.25. The zero-order valence-electron chi connectivity index (χ0n) is 9.60. The number of hydrogen-bond donors (Lipinski definition) is 0. The maximum Gasteiger partial charge on any atom is 0.341 e. The van der Waals surface area contributed by atoms with Crippen molar-refractivity contribution in [3.63, 3.8) is 0 Å². The van der Waals surface area contributed by atoms with Crippen molar-refractivity contribution in [2.24, 2.45) is 0 Å². The monoisotopic (exact) mass is 224 g/mol. The molecular formula is C11H16N2O3. The fraction of sp³-hybridized carbons (Fsp3) is 0.545. The van der Waals surface area contributed by atoms with Crippen molar-refractivity contribution in [2.45, 2.75) is 33.2 Å². The number of aromatic nitrogens is 2. The van der Waals surface area contributed by atoms with Gasteiger partial charge >= 0.3 is 5.97 Å². The van der Waals surface area contributed by atoms with Crippen LogP contribution >= 0.6 is 0 Å². The number of aryl methyl sites for hydroxylation is 1. The first-order valence-electron chi connectivity index (χ1n) is 5.40. The molecule has 0 saturated carbocycles. The molecular weight excluding hydrogens is 208 g/mol. The zero-order valence-corrected chi connectivity index (χ0v) is 9.60. The summed E-state index contributed by atoms with van der Waals surface area (Å²) in [6.45, 7) is 4.70. The molecule has 0 aromatic carbocycles. The Hall–Kier alpha value is -1.65. The average Bonchev–Trinajstić information content (AvgIpc) is 2.69. The third-order valence-electron chi connectivity index (χ3n) is 2.24. The molecule has 0 saturated heterocycles. The topological polar surface area (TPSA) is 61.2 Å². The minimum Gasteiger partial charge on any atom is -0.462 e. The molecule has 0 bridgehead atoms. The van der Waals surface area contributed by atoms with Crippen molar-refractivity contribution in [2.75, 3.05) is 6.61 Å². The van der Waals surface area contributed by atoms with E-state index in [0.29, 0.717) is 31.6 Å². The van der Waals surface area contributed by atoms with Crippen molar-refractivity contribution in [1.82, 2.24) is 9.78 Å². The van der Waals surface area contributed by atoms with E-state index in [1.807, 2.05) is 6.92 Å². The van der Waals surface area contributed by atoms with E-state index >= 15 is 0 Å². The van der Waals surface area contributed by atoms with E-state index in [9.17, 15) is 9.59 Å². The average molecular weight is 224 g/mol. The second-order valence-corrected chi connectivity index (χ2v) is 3.25. The highest BCUT2D eigenvalue weighted by Gasteiger charge is 2.17. The summed E-state index contributed by atoms with van der Waals surface area (Å²) in [5.74, 6) is -0.372. The molecule has 0 fully saturated rings. The molecule has 0 aliphatic rings. The molecule has 0 atom stereocenters. The number of carbonyl (C=O) groups is 2. The van der Waals surface area contributed by atoms with Crippen molar-refractivity contribution in [3.05, 3.63) is 17.5 Å². The third kappa shape index (κ3) is 2.68. The van der Waals surface area contributed by atoms with Gasteiger partial charge in [-0.3, -0.25) is 4.68 Å². The normalized spacial score (nSPS) is 10.1. The van der Waals surface area contributed by atoms with Gasteiger partial charge < -0.3 is 9.53 Å². The Labute approximate surface area is 94.4 Å². The van der Waals surface area contributed by atoms with E-state index in [1.54, 1.807) is 11.6 Å². The summed E-state index contributed by atoms with van der Waals surface area (Å²) >= 11 is 0. The SMILES string of the molecule is CCOC(=O)c1cnn(CC)c1CCC=O. The Morgan fingerprint density at radius 2 is 2.31 bits per heavy atom. The predicted molar refractivity (Wildman–Crippen MR) is 58.2 cm³/mol. The van der Waals surface area contributed by atoms with E-state index < -0.39 is 0 Å². The van der Waals surface area contributed by atoms with E-state index in [0.717, 1.165) is 12.0 Å². The molecule has 88 valence electrons. The molecule has 0 amide bonds. The first-order valence-corrected chi connectivity index (χ1v) is 5.40. The van der Waals surface area contributed by atoms with Gasteiger partial charge in [0.25, 0.3) is 0 Å². The lowest BCUT2D eigenvalue weighted by Gasteiger charge is -2.05. The summed E-state index contributed by atoms with van der Waals surface area (Å²) in [5.41, 5.74) is 1.23. The van der Waals surface area contributed by atoms with Crippen LogP contribution in [0.15, 0.2) is 6.20 Å². The van der Waals surface area contributed by atoms with Crippen molar-refractivity contribution < 1.29 is 14.3 Å². The number of carbonyl (C=O) groups excluding carboxylic acids is 2. The number of esters is 1. The number of rotatable bonds is 6. The van der Waals surface area contributed by atoms with E-state index in [1.165, 1.54) is 6.20 Å². The van der Waals surface area contributed by atoms with Crippen LogP contribution in [0.5, 0.6) is 0 Å². The quantitative estimate of drug-likeness (QED) is 0.538. The maximum absolute atomic E-state index is 11.6. The summed E-state index contributed by atoms with van der Waals surface area (Å²) in [4.78, 5) is 22.0. The Balaban J connectivity index is 2.94. The molecule has 1 aromatic rings. The number of aldehydes is 1. The molecule has 0 radical (unpaired) electrons. The van der Waals surface area contributed by atoms with Gasteiger partial charge in [-0.15, -0.1) is 0 Å². The first kappa shape index (κ1) is 12.4. The number of nitrogens with zero attached hydrogens (tertiary/aromatic N) is 2. The maximum atomic E-state index is 11.6. The van der Waals surface area contributed by atoms with Crippen LogP contribution in [0.4, 0.5) is 0 Å². The number of ether oxygens (including phenoxy) is 1. The van der Waals surface area contributed by atoms with Gasteiger partial charge in [0.2, 0.25) is 0 Å². The van der Waals surface area contributed by atoms with Gasteiger partial charge in [0, 0.05) is 13.0 Å². The van der Waals surface area contributed by atoms with E-state index in [4.69, 9.17) is 4.74 Å². The summed E-state index contributed by atoms with van der Waals surface area (Å²) in [5, 5.41) is 4.09. The molecule has 0 spiro atoms. The Morgan fingerprint density at radius 3 is 2.88 bits per heavy atom. The third-order valence-corrected chi connectivity index (χ3v) is 2.24. The summed E-state index contributed by atoms with van der Waals surface area (Å²) in [6, 6.07) is 0.